The second-order valence-corrected chi connectivity index (χ2v) is 15.3. The third kappa shape index (κ3) is 4.87. The molecule has 3 aliphatic heterocycles. The molecule has 1 fully saturated rings. The van der Waals surface area contributed by atoms with Gasteiger partial charge >= 0.3 is 0 Å². The highest BCUT2D eigenvalue weighted by atomic mass is 16.5. The fraction of sp³-hybridized carbons (Fsp3) is 0.200. The van der Waals surface area contributed by atoms with Crippen LogP contribution < -0.4 is 9.64 Å². The number of para-hydroxylation sites is 4. The molecule has 5 aromatic carbocycles. The summed E-state index contributed by atoms with van der Waals surface area (Å²) in [5.41, 5.74) is 11.6. The predicted molar refractivity (Wildman–Crippen MR) is 214 cm³/mol. The van der Waals surface area contributed by atoms with Crippen LogP contribution in [0.25, 0.3) is 11.1 Å². The van der Waals surface area contributed by atoms with E-state index in [0.717, 1.165) is 42.1 Å². The van der Waals surface area contributed by atoms with Gasteiger partial charge in [-0.1, -0.05) is 134 Å². The summed E-state index contributed by atoms with van der Waals surface area (Å²) in [6.07, 6.45) is 20.2. The Balaban J connectivity index is 1.07. The van der Waals surface area contributed by atoms with Gasteiger partial charge in [0.15, 0.2) is 0 Å². The van der Waals surface area contributed by atoms with Crippen LogP contribution in [-0.2, 0) is 4.74 Å². The minimum atomic E-state index is -0.0194. The molecule has 3 heterocycles. The number of benzene rings is 5. The van der Waals surface area contributed by atoms with Crippen LogP contribution in [0.1, 0.15) is 47.8 Å². The van der Waals surface area contributed by atoms with E-state index in [0.29, 0.717) is 5.92 Å². The summed E-state index contributed by atoms with van der Waals surface area (Å²) in [6.45, 7) is 0. The summed E-state index contributed by atoms with van der Waals surface area (Å²) in [7, 11) is 0. The molecule has 53 heavy (non-hydrogen) atoms. The van der Waals surface area contributed by atoms with E-state index in [1.165, 1.54) is 44.8 Å². The number of hydrogen-bond donors (Lipinski definition) is 0. The second kappa shape index (κ2) is 12.4. The molecular formula is C50H41NO2. The van der Waals surface area contributed by atoms with Crippen molar-refractivity contribution in [1.29, 1.82) is 0 Å². The van der Waals surface area contributed by atoms with Crippen LogP contribution >= 0.6 is 0 Å². The maximum absolute atomic E-state index is 7.05. The summed E-state index contributed by atoms with van der Waals surface area (Å²) in [5.74, 6) is 4.15. The van der Waals surface area contributed by atoms with E-state index in [-0.39, 0.29) is 35.8 Å². The molecule has 0 amide bonds. The molecule has 3 aliphatic carbocycles. The van der Waals surface area contributed by atoms with Crippen LogP contribution in [-0.4, -0.2) is 12.1 Å². The van der Waals surface area contributed by atoms with Gasteiger partial charge in [-0.05, 0) is 83.9 Å². The Kier molecular flexibility index (Phi) is 7.21. The van der Waals surface area contributed by atoms with E-state index in [9.17, 15) is 0 Å². The first kappa shape index (κ1) is 30.8. The number of nitrogens with zero attached hydrogens (tertiary/aromatic N) is 1. The van der Waals surface area contributed by atoms with Crippen molar-refractivity contribution in [2.45, 2.75) is 43.2 Å². The number of rotatable bonds is 4. The van der Waals surface area contributed by atoms with Gasteiger partial charge in [-0.2, -0.15) is 0 Å². The molecule has 11 rings (SSSR count). The first-order valence-electron chi connectivity index (χ1n) is 19.3. The minimum Gasteiger partial charge on any atom is -0.486 e. The molecule has 258 valence electrons. The lowest BCUT2D eigenvalue weighted by molar-refractivity contribution is 0.0156. The molecule has 0 N–H and O–H groups in total. The summed E-state index contributed by atoms with van der Waals surface area (Å²) in [6, 6.07) is 46.4. The highest BCUT2D eigenvalue weighted by Crippen LogP contribution is 2.60. The Morgan fingerprint density at radius 1 is 0.660 bits per heavy atom. The van der Waals surface area contributed by atoms with Gasteiger partial charge in [0.2, 0.25) is 0 Å². The van der Waals surface area contributed by atoms with Crippen molar-refractivity contribution in [1.82, 2.24) is 0 Å². The molecule has 0 spiro atoms. The zero-order valence-corrected chi connectivity index (χ0v) is 29.6. The van der Waals surface area contributed by atoms with Crippen molar-refractivity contribution in [3.8, 4) is 22.6 Å². The zero-order valence-electron chi connectivity index (χ0n) is 29.6. The Bertz CT molecular complexity index is 2380. The molecule has 3 heteroatoms. The van der Waals surface area contributed by atoms with Crippen molar-refractivity contribution in [3.05, 3.63) is 204 Å². The number of hydrogen-bond acceptors (Lipinski definition) is 3. The smallest absolute Gasteiger partial charge is 0.139 e. The van der Waals surface area contributed by atoms with Crippen molar-refractivity contribution in [2.24, 2.45) is 17.8 Å². The standard InChI is InChI=1S/C50H41NO2/c1-3-15-32(16-4-1)36-23-13-24-41-47(39-20-8-12-27-45(39)53-50(36)41)49-40-21-9-11-26-44(40)52-46-28-14-22-35(48(46)49)33-29-30-38-37-19-7-10-25-42(37)51(43(38)31-33)34-17-5-2-6-18-34/h1-8,10,12-21,23-31,35,38,43,46-49H,9,11,22H2. The number of fused-ring (bicyclic) bond motifs is 7. The molecule has 7 atom stereocenters. The molecule has 1 saturated heterocycles. The molecule has 3 nitrogen and oxygen atoms in total. The Morgan fingerprint density at radius 2 is 1.42 bits per heavy atom. The molecule has 0 bridgehead atoms. The largest absolute Gasteiger partial charge is 0.486 e. The van der Waals surface area contributed by atoms with Gasteiger partial charge in [0.05, 0.1) is 6.04 Å². The van der Waals surface area contributed by atoms with Crippen LogP contribution in [0, 0.1) is 17.8 Å². The van der Waals surface area contributed by atoms with E-state index in [2.05, 4.69) is 175 Å². The molecule has 0 radical (unpaired) electrons. The second-order valence-electron chi connectivity index (χ2n) is 15.3. The minimum absolute atomic E-state index is 0.0194. The topological polar surface area (TPSA) is 21.7 Å². The summed E-state index contributed by atoms with van der Waals surface area (Å²) < 4.78 is 14.0. The van der Waals surface area contributed by atoms with Crippen LogP contribution in [0.4, 0.5) is 11.4 Å². The van der Waals surface area contributed by atoms with E-state index >= 15 is 0 Å². The number of anilines is 2. The molecule has 0 aromatic heterocycles. The molecule has 6 aliphatic rings. The van der Waals surface area contributed by atoms with E-state index in [1.54, 1.807) is 0 Å². The highest BCUT2D eigenvalue weighted by Gasteiger charge is 2.51. The van der Waals surface area contributed by atoms with Gasteiger partial charge in [-0.15, -0.1) is 0 Å². The highest BCUT2D eigenvalue weighted by molar-refractivity contribution is 5.77. The van der Waals surface area contributed by atoms with Gasteiger partial charge in [0, 0.05) is 51.7 Å². The van der Waals surface area contributed by atoms with Crippen LogP contribution in [0.3, 0.4) is 0 Å². The number of ether oxygens (including phenoxy) is 2. The van der Waals surface area contributed by atoms with Crippen LogP contribution in [0.5, 0.6) is 11.5 Å². The van der Waals surface area contributed by atoms with Gasteiger partial charge < -0.3 is 14.4 Å². The average molecular weight is 688 g/mol. The Labute approximate surface area is 311 Å². The SMILES string of the molecule is C1=CC2OC3=CCCC=C3C(C3c4ccccc4Oc4c(-c5ccccc5)cccc43)C2C(C2=CC3C(C=C2)c2ccccc2N3c2ccccc2)C1. The summed E-state index contributed by atoms with van der Waals surface area (Å²) in [5, 5.41) is 0. The van der Waals surface area contributed by atoms with Crippen LogP contribution in [0.2, 0.25) is 0 Å². The van der Waals surface area contributed by atoms with Gasteiger partial charge in [-0.3, -0.25) is 0 Å². The third-order valence-electron chi connectivity index (χ3n) is 12.6. The molecule has 7 unspecified atom stereocenters. The van der Waals surface area contributed by atoms with Gasteiger partial charge in [0.1, 0.15) is 23.4 Å². The maximum atomic E-state index is 7.05. The fourth-order valence-electron chi connectivity index (χ4n) is 10.4. The maximum Gasteiger partial charge on any atom is 0.139 e. The zero-order chi connectivity index (χ0) is 34.9. The molecule has 0 saturated carbocycles. The van der Waals surface area contributed by atoms with E-state index in [1.807, 2.05) is 0 Å². The van der Waals surface area contributed by atoms with Crippen LogP contribution in [0.15, 0.2) is 187 Å². The van der Waals surface area contributed by atoms with Crippen molar-refractivity contribution >= 4 is 11.4 Å². The summed E-state index contributed by atoms with van der Waals surface area (Å²) >= 11 is 0. The van der Waals surface area contributed by atoms with Crippen molar-refractivity contribution in [2.75, 3.05) is 4.90 Å². The van der Waals surface area contributed by atoms with E-state index in [4.69, 9.17) is 9.47 Å². The normalized spacial score (nSPS) is 27.3. The van der Waals surface area contributed by atoms with E-state index < -0.39 is 0 Å². The summed E-state index contributed by atoms with van der Waals surface area (Å²) in [4.78, 5) is 2.56. The first-order valence-corrected chi connectivity index (χ1v) is 19.3. The Morgan fingerprint density at radius 3 is 2.30 bits per heavy atom. The first-order chi connectivity index (χ1) is 26.3. The Hall–Kier alpha value is -5.80. The third-order valence-corrected chi connectivity index (χ3v) is 12.6. The number of allylic oxidation sites excluding steroid dienone is 6. The predicted octanol–water partition coefficient (Wildman–Crippen LogP) is 12.2. The lowest BCUT2D eigenvalue weighted by Crippen LogP contribution is -2.46. The van der Waals surface area contributed by atoms with Gasteiger partial charge in [-0.25, -0.2) is 0 Å². The fourth-order valence-corrected chi connectivity index (χ4v) is 10.4. The average Bonchev–Trinajstić information content (AvgIpc) is 3.56. The van der Waals surface area contributed by atoms with Gasteiger partial charge in [0.25, 0.3) is 0 Å². The van der Waals surface area contributed by atoms with Crippen molar-refractivity contribution < 1.29 is 9.47 Å². The van der Waals surface area contributed by atoms with Crippen molar-refractivity contribution in [3.63, 3.8) is 0 Å². The lowest BCUT2D eigenvalue weighted by atomic mass is 9.59. The monoisotopic (exact) mass is 687 g/mol. The quantitative estimate of drug-likeness (QED) is 0.176. The molecule has 5 aromatic rings. The molecular weight excluding hydrogens is 647 g/mol. The lowest BCUT2D eigenvalue weighted by Gasteiger charge is -2.50.